The molecule has 1 aromatic rings. The van der Waals surface area contributed by atoms with E-state index >= 15 is 0 Å². The second-order valence-corrected chi connectivity index (χ2v) is 7.34. The minimum absolute atomic E-state index is 0.0867. The number of hydrogen-bond donors (Lipinski definition) is 0. The molecule has 0 fully saturated rings. The molecular weight excluding hydrogens is 304 g/mol. The molecule has 0 N–H and O–H groups in total. The maximum atomic E-state index is 6.00. The van der Waals surface area contributed by atoms with Crippen molar-refractivity contribution in [2.24, 2.45) is 0 Å². The van der Waals surface area contributed by atoms with Gasteiger partial charge in [-0.25, -0.2) is 0 Å². The molecule has 0 radical (unpaired) electrons. The highest BCUT2D eigenvalue weighted by atomic mass is 32.2. The Kier molecular flexibility index (Phi) is 5.66. The lowest BCUT2D eigenvalue weighted by Gasteiger charge is -2.34. The summed E-state index contributed by atoms with van der Waals surface area (Å²) in [7, 11) is 1.71. The van der Waals surface area contributed by atoms with Gasteiger partial charge >= 0.3 is 0 Å². The Balaban J connectivity index is 1.54. The molecule has 114 valence electrons. The monoisotopic (exact) mass is 324 g/mol. The molecule has 3 nitrogen and oxygen atoms in total. The van der Waals surface area contributed by atoms with Crippen molar-refractivity contribution in [1.82, 2.24) is 0 Å². The molecule has 5 heteroatoms. The molecule has 1 unspecified atom stereocenters. The molecule has 0 aliphatic carbocycles. The molecule has 21 heavy (non-hydrogen) atoms. The molecule has 0 bridgehead atoms. The molecule has 2 heterocycles. The summed E-state index contributed by atoms with van der Waals surface area (Å²) < 4.78 is 17.3. The Bertz CT molecular complexity index is 490. The minimum Gasteiger partial charge on any atom is -0.374 e. The van der Waals surface area contributed by atoms with E-state index in [2.05, 4.69) is 12.1 Å². The molecule has 1 aromatic carbocycles. The fourth-order valence-corrected chi connectivity index (χ4v) is 5.02. The third kappa shape index (κ3) is 4.05. The third-order valence-corrected chi connectivity index (χ3v) is 6.15. The highest BCUT2D eigenvalue weighted by molar-refractivity contribution is 8.10. The van der Waals surface area contributed by atoms with Crippen molar-refractivity contribution < 1.29 is 14.2 Å². The van der Waals surface area contributed by atoms with Crippen molar-refractivity contribution in [3.05, 3.63) is 45.7 Å². The fraction of sp³-hybridized carbons (Fsp3) is 0.500. The van der Waals surface area contributed by atoms with Gasteiger partial charge in [0.2, 0.25) is 0 Å². The standard InChI is InChI=1S/C16H20O3S2/c1-17-16-15-14(20-7-8-21-15)9-13(19-16)11-18-10-12-5-3-2-4-6-12/h2-6,13,16H,7-11H2,1H3/t13-,16?/m1/s1. The van der Waals surface area contributed by atoms with Crippen molar-refractivity contribution in [1.29, 1.82) is 0 Å². The topological polar surface area (TPSA) is 27.7 Å². The van der Waals surface area contributed by atoms with Crippen molar-refractivity contribution in [2.45, 2.75) is 25.4 Å². The first kappa shape index (κ1) is 15.4. The molecule has 3 rings (SSSR count). The van der Waals surface area contributed by atoms with Crippen LogP contribution in [0.2, 0.25) is 0 Å². The highest BCUT2D eigenvalue weighted by Crippen LogP contribution is 2.43. The number of hydrogen-bond acceptors (Lipinski definition) is 5. The summed E-state index contributed by atoms with van der Waals surface area (Å²) in [6.45, 7) is 1.24. The minimum atomic E-state index is -0.211. The summed E-state index contributed by atoms with van der Waals surface area (Å²) in [5, 5.41) is 0. The Hall–Kier alpha value is -0.460. The SMILES string of the molecule is COC1O[C@@H](COCc2ccccc2)CC2=C1SCCS2. The van der Waals surface area contributed by atoms with E-state index in [1.165, 1.54) is 21.1 Å². The largest absolute Gasteiger partial charge is 0.374 e. The van der Waals surface area contributed by atoms with Crippen LogP contribution >= 0.6 is 23.5 Å². The molecule has 0 spiro atoms. The summed E-state index contributed by atoms with van der Waals surface area (Å²) in [5.41, 5.74) is 1.19. The van der Waals surface area contributed by atoms with Crippen LogP contribution in [0.25, 0.3) is 0 Å². The predicted octanol–water partition coefficient (Wildman–Crippen LogP) is 3.66. The predicted molar refractivity (Wildman–Crippen MR) is 88.3 cm³/mol. The Morgan fingerprint density at radius 3 is 2.81 bits per heavy atom. The first-order valence-corrected chi connectivity index (χ1v) is 9.12. The molecule has 0 saturated heterocycles. The van der Waals surface area contributed by atoms with E-state index in [0.29, 0.717) is 13.2 Å². The van der Waals surface area contributed by atoms with Crippen LogP contribution < -0.4 is 0 Å². The van der Waals surface area contributed by atoms with Crippen LogP contribution in [0.15, 0.2) is 40.1 Å². The summed E-state index contributed by atoms with van der Waals surface area (Å²) in [5.74, 6) is 2.32. The van der Waals surface area contributed by atoms with E-state index in [1.54, 1.807) is 7.11 Å². The second kappa shape index (κ2) is 7.70. The molecule has 2 aliphatic rings. The average molecular weight is 324 g/mol. The van der Waals surface area contributed by atoms with Gasteiger partial charge in [-0.15, -0.1) is 23.5 Å². The van der Waals surface area contributed by atoms with Crippen molar-refractivity contribution in [3.8, 4) is 0 Å². The number of ether oxygens (including phenoxy) is 3. The molecule has 2 atom stereocenters. The van der Waals surface area contributed by atoms with Gasteiger partial charge < -0.3 is 14.2 Å². The van der Waals surface area contributed by atoms with Crippen LogP contribution in [0.1, 0.15) is 12.0 Å². The lowest BCUT2D eigenvalue weighted by molar-refractivity contribution is -0.151. The normalized spacial score (nSPS) is 25.8. The van der Waals surface area contributed by atoms with Crippen LogP contribution in [0, 0.1) is 0 Å². The van der Waals surface area contributed by atoms with Crippen LogP contribution in [-0.2, 0) is 20.8 Å². The van der Waals surface area contributed by atoms with Gasteiger partial charge in [0, 0.05) is 29.9 Å². The van der Waals surface area contributed by atoms with E-state index in [9.17, 15) is 0 Å². The summed E-state index contributed by atoms with van der Waals surface area (Å²) in [6, 6.07) is 10.2. The van der Waals surface area contributed by atoms with Crippen molar-refractivity contribution in [2.75, 3.05) is 25.2 Å². The maximum Gasteiger partial charge on any atom is 0.190 e. The molecule has 0 aromatic heterocycles. The number of methoxy groups -OCH3 is 1. The van der Waals surface area contributed by atoms with Gasteiger partial charge in [-0.3, -0.25) is 0 Å². The zero-order chi connectivity index (χ0) is 14.5. The van der Waals surface area contributed by atoms with Gasteiger partial charge in [-0.1, -0.05) is 30.3 Å². The van der Waals surface area contributed by atoms with Crippen molar-refractivity contribution >= 4 is 23.5 Å². The Labute approximate surface area is 134 Å². The van der Waals surface area contributed by atoms with E-state index in [0.717, 1.165) is 12.2 Å². The Morgan fingerprint density at radius 1 is 1.19 bits per heavy atom. The maximum absolute atomic E-state index is 6.00. The van der Waals surface area contributed by atoms with Crippen LogP contribution in [0.5, 0.6) is 0 Å². The second-order valence-electron chi connectivity index (χ2n) is 5.01. The lowest BCUT2D eigenvalue weighted by Crippen LogP contribution is -2.34. The number of thioether (sulfide) groups is 2. The molecular formula is C16H20O3S2. The van der Waals surface area contributed by atoms with Gasteiger partial charge in [0.1, 0.15) is 0 Å². The van der Waals surface area contributed by atoms with E-state index in [-0.39, 0.29) is 12.4 Å². The van der Waals surface area contributed by atoms with Crippen LogP contribution in [-0.4, -0.2) is 37.6 Å². The first-order chi connectivity index (χ1) is 10.4. The van der Waals surface area contributed by atoms with Crippen LogP contribution in [0.4, 0.5) is 0 Å². The van der Waals surface area contributed by atoms with Gasteiger partial charge in [0.05, 0.1) is 24.2 Å². The zero-order valence-corrected chi connectivity index (χ0v) is 13.8. The van der Waals surface area contributed by atoms with E-state index in [1.807, 2.05) is 41.7 Å². The lowest BCUT2D eigenvalue weighted by atomic mass is 10.2. The van der Waals surface area contributed by atoms with Gasteiger partial charge in [-0.2, -0.15) is 0 Å². The van der Waals surface area contributed by atoms with E-state index < -0.39 is 0 Å². The van der Waals surface area contributed by atoms with Crippen LogP contribution in [0.3, 0.4) is 0 Å². The first-order valence-electron chi connectivity index (χ1n) is 7.15. The quantitative estimate of drug-likeness (QED) is 0.824. The number of rotatable bonds is 5. The smallest absolute Gasteiger partial charge is 0.190 e. The molecule has 0 saturated carbocycles. The number of benzene rings is 1. The van der Waals surface area contributed by atoms with Gasteiger partial charge in [0.15, 0.2) is 6.29 Å². The van der Waals surface area contributed by atoms with Gasteiger partial charge in [-0.05, 0) is 5.56 Å². The third-order valence-electron chi connectivity index (χ3n) is 3.46. The highest BCUT2D eigenvalue weighted by Gasteiger charge is 2.32. The summed E-state index contributed by atoms with van der Waals surface area (Å²) >= 11 is 3.81. The Morgan fingerprint density at radius 2 is 2.00 bits per heavy atom. The zero-order valence-electron chi connectivity index (χ0n) is 12.1. The van der Waals surface area contributed by atoms with E-state index in [4.69, 9.17) is 14.2 Å². The molecule has 2 aliphatic heterocycles. The summed E-state index contributed by atoms with van der Waals surface area (Å²) in [6.07, 6.45) is 0.822. The van der Waals surface area contributed by atoms with Gasteiger partial charge in [0.25, 0.3) is 0 Å². The summed E-state index contributed by atoms with van der Waals surface area (Å²) in [4.78, 5) is 2.70. The fourth-order valence-electron chi connectivity index (χ4n) is 2.46. The van der Waals surface area contributed by atoms with Crippen molar-refractivity contribution in [3.63, 3.8) is 0 Å². The molecule has 0 amide bonds. The average Bonchev–Trinajstić information content (AvgIpc) is 2.55.